The number of aryl methyl sites for hydroxylation is 2. The highest BCUT2D eigenvalue weighted by molar-refractivity contribution is 7.98. The average molecular weight is 565 g/mol. The molecule has 1 atom stereocenters. The number of Topliss-reactive ketones (excluding diaryl/α,β-unsaturated/α-hetero) is 1. The van der Waals surface area contributed by atoms with Crippen LogP contribution in [0, 0.1) is 13.8 Å². The fourth-order valence-electron chi connectivity index (χ4n) is 4.86. The number of thioether (sulfide) groups is 1. The van der Waals surface area contributed by atoms with Crippen molar-refractivity contribution in [3.8, 4) is 16.9 Å². The fraction of sp³-hybridized carbons (Fsp3) is 0.412. The molecular formula is C34H44O5S. The van der Waals surface area contributed by atoms with E-state index in [1.807, 2.05) is 49.9 Å². The molecule has 0 heterocycles. The number of hydrogen-bond acceptors (Lipinski definition) is 6. The Labute approximate surface area is 244 Å². The van der Waals surface area contributed by atoms with Gasteiger partial charge in [-0.3, -0.25) is 9.59 Å². The van der Waals surface area contributed by atoms with Crippen molar-refractivity contribution in [3.63, 3.8) is 0 Å². The predicted octanol–water partition coefficient (Wildman–Crippen LogP) is 8.19. The van der Waals surface area contributed by atoms with Crippen LogP contribution in [0.1, 0.15) is 71.6 Å². The van der Waals surface area contributed by atoms with Gasteiger partial charge in [0.2, 0.25) is 0 Å². The highest BCUT2D eigenvalue weighted by Gasteiger charge is 2.30. The van der Waals surface area contributed by atoms with E-state index in [0.717, 1.165) is 35.7 Å². The summed E-state index contributed by atoms with van der Waals surface area (Å²) in [7, 11) is 3.09. The zero-order valence-corrected chi connectivity index (χ0v) is 25.9. The normalized spacial score (nSPS) is 13.4. The number of benzene rings is 3. The zero-order chi connectivity index (χ0) is 29.5. The fourth-order valence-corrected chi connectivity index (χ4v) is 5.26. The van der Waals surface area contributed by atoms with Gasteiger partial charge >= 0.3 is 5.97 Å². The summed E-state index contributed by atoms with van der Waals surface area (Å²) in [6.07, 6.45) is 3.93. The summed E-state index contributed by atoms with van der Waals surface area (Å²) < 4.78 is 15.7. The van der Waals surface area contributed by atoms with Crippen LogP contribution in [0.2, 0.25) is 0 Å². The molecule has 0 fully saturated rings. The van der Waals surface area contributed by atoms with Crippen LogP contribution in [-0.2, 0) is 20.9 Å². The second-order valence-corrected chi connectivity index (χ2v) is 10.4. The SMILES string of the molecule is CC.COC(=O)CC1CC(=O)c2ccccc21.COCc1cccc(-c2c(C)cc(OCCCSC)cc2C)c1. The maximum atomic E-state index is 11.6. The van der Waals surface area contributed by atoms with Gasteiger partial charge in [-0.2, -0.15) is 11.8 Å². The lowest BCUT2D eigenvalue weighted by Crippen LogP contribution is -2.06. The maximum absolute atomic E-state index is 11.6. The first-order valence-corrected chi connectivity index (χ1v) is 15.3. The van der Waals surface area contributed by atoms with Gasteiger partial charge in [0.05, 0.1) is 26.7 Å². The highest BCUT2D eigenvalue weighted by atomic mass is 32.2. The third-order valence-corrected chi connectivity index (χ3v) is 7.26. The molecule has 0 aromatic heterocycles. The van der Waals surface area contributed by atoms with Gasteiger partial charge in [-0.05, 0) is 83.9 Å². The number of carbonyl (C=O) groups excluding carboxylic acids is 2. The van der Waals surface area contributed by atoms with Crippen molar-refractivity contribution in [1.82, 2.24) is 0 Å². The number of rotatable bonds is 10. The molecule has 0 saturated heterocycles. The summed E-state index contributed by atoms with van der Waals surface area (Å²) in [5, 5.41) is 0. The van der Waals surface area contributed by atoms with Crippen LogP contribution < -0.4 is 4.74 Å². The molecule has 0 N–H and O–H groups in total. The summed E-state index contributed by atoms with van der Waals surface area (Å²) in [5.41, 5.74) is 7.96. The Bertz CT molecular complexity index is 1210. The molecule has 0 saturated carbocycles. The number of esters is 1. The lowest BCUT2D eigenvalue weighted by atomic mass is 9.94. The second kappa shape index (κ2) is 17.6. The first-order chi connectivity index (χ1) is 19.4. The van der Waals surface area contributed by atoms with Crippen LogP contribution in [0.3, 0.4) is 0 Å². The van der Waals surface area contributed by atoms with Crippen molar-refractivity contribution in [3.05, 3.63) is 88.5 Å². The summed E-state index contributed by atoms with van der Waals surface area (Å²) in [4.78, 5) is 22.7. The average Bonchev–Trinajstić information content (AvgIpc) is 3.27. The molecule has 0 radical (unpaired) electrons. The Balaban J connectivity index is 0.000000284. The van der Waals surface area contributed by atoms with Gasteiger partial charge < -0.3 is 14.2 Å². The molecule has 0 amide bonds. The molecule has 5 nitrogen and oxygen atoms in total. The molecule has 4 rings (SSSR count). The molecule has 40 heavy (non-hydrogen) atoms. The van der Waals surface area contributed by atoms with Crippen LogP contribution in [-0.4, -0.2) is 44.6 Å². The van der Waals surface area contributed by atoms with Gasteiger partial charge in [0, 0.05) is 25.0 Å². The lowest BCUT2D eigenvalue weighted by Gasteiger charge is -2.14. The number of ether oxygens (including phenoxy) is 3. The van der Waals surface area contributed by atoms with Crippen molar-refractivity contribution in [2.24, 2.45) is 0 Å². The molecule has 1 aliphatic rings. The topological polar surface area (TPSA) is 61.8 Å². The number of methoxy groups -OCH3 is 2. The molecule has 0 bridgehead atoms. The Kier molecular flexibility index (Phi) is 14.5. The Morgan fingerprint density at radius 3 is 2.33 bits per heavy atom. The number of ketones is 1. The van der Waals surface area contributed by atoms with E-state index in [2.05, 4.69) is 61.2 Å². The highest BCUT2D eigenvalue weighted by Crippen LogP contribution is 2.35. The van der Waals surface area contributed by atoms with Crippen molar-refractivity contribution in [2.45, 2.75) is 59.5 Å². The Morgan fingerprint density at radius 2 is 1.68 bits per heavy atom. The van der Waals surface area contributed by atoms with Gasteiger partial charge in [0.1, 0.15) is 5.75 Å². The van der Waals surface area contributed by atoms with Crippen LogP contribution in [0.5, 0.6) is 5.75 Å². The molecule has 3 aromatic rings. The number of carbonyl (C=O) groups is 2. The van der Waals surface area contributed by atoms with Gasteiger partial charge in [-0.1, -0.05) is 56.3 Å². The van der Waals surface area contributed by atoms with Crippen LogP contribution in [0.4, 0.5) is 0 Å². The van der Waals surface area contributed by atoms with Crippen molar-refractivity contribution < 1.29 is 23.8 Å². The monoisotopic (exact) mass is 564 g/mol. The molecule has 3 aromatic carbocycles. The van der Waals surface area contributed by atoms with Crippen molar-refractivity contribution >= 4 is 23.5 Å². The standard InChI is InChI=1S/C20H26O2S.C12H12O3.C2H6/c1-15-11-19(22-9-6-10-23-4)12-16(2)20(15)18-8-5-7-17(13-18)14-21-3;1-15-12(14)7-8-6-11(13)10-5-3-2-4-9(8)10;1-2/h5,7-8,11-13H,6,9-10,14H2,1-4H3;2-5,8H,6-7H2,1H3;1-2H3. The van der Waals surface area contributed by atoms with E-state index in [1.54, 1.807) is 7.11 Å². The Morgan fingerprint density at radius 1 is 0.975 bits per heavy atom. The van der Waals surface area contributed by atoms with E-state index < -0.39 is 0 Å². The third kappa shape index (κ3) is 9.53. The van der Waals surface area contributed by atoms with Crippen molar-refractivity contribution in [1.29, 1.82) is 0 Å². The van der Waals surface area contributed by atoms with E-state index in [9.17, 15) is 9.59 Å². The smallest absolute Gasteiger partial charge is 0.306 e. The van der Waals surface area contributed by atoms with E-state index in [1.165, 1.54) is 34.9 Å². The molecule has 1 aliphatic carbocycles. The maximum Gasteiger partial charge on any atom is 0.306 e. The number of hydrogen-bond donors (Lipinski definition) is 0. The second-order valence-electron chi connectivity index (χ2n) is 9.45. The molecule has 0 aliphatic heterocycles. The summed E-state index contributed by atoms with van der Waals surface area (Å²) in [6.45, 7) is 9.73. The van der Waals surface area contributed by atoms with Gasteiger partial charge in [0.25, 0.3) is 0 Å². The molecule has 216 valence electrons. The summed E-state index contributed by atoms with van der Waals surface area (Å²) >= 11 is 1.86. The summed E-state index contributed by atoms with van der Waals surface area (Å²) in [6, 6.07) is 20.3. The van der Waals surface area contributed by atoms with Crippen LogP contribution in [0.15, 0.2) is 60.7 Å². The van der Waals surface area contributed by atoms with E-state index in [4.69, 9.17) is 9.47 Å². The van der Waals surface area contributed by atoms with Crippen molar-refractivity contribution in [2.75, 3.05) is 32.8 Å². The number of fused-ring (bicyclic) bond motifs is 1. The first-order valence-electron chi connectivity index (χ1n) is 13.9. The molecule has 1 unspecified atom stereocenters. The molecular weight excluding hydrogens is 520 g/mol. The quantitative estimate of drug-likeness (QED) is 0.183. The van der Waals surface area contributed by atoms with Gasteiger partial charge in [0.15, 0.2) is 5.78 Å². The lowest BCUT2D eigenvalue weighted by molar-refractivity contribution is -0.141. The van der Waals surface area contributed by atoms with Crippen LogP contribution in [0.25, 0.3) is 11.1 Å². The van der Waals surface area contributed by atoms with Gasteiger partial charge in [-0.25, -0.2) is 0 Å². The van der Waals surface area contributed by atoms with E-state index in [-0.39, 0.29) is 17.7 Å². The zero-order valence-electron chi connectivity index (χ0n) is 25.0. The van der Waals surface area contributed by atoms with E-state index >= 15 is 0 Å². The van der Waals surface area contributed by atoms with E-state index in [0.29, 0.717) is 19.4 Å². The first kappa shape index (κ1) is 33.1. The third-order valence-electron chi connectivity index (χ3n) is 6.57. The minimum Gasteiger partial charge on any atom is -0.494 e. The minimum atomic E-state index is -0.260. The van der Waals surface area contributed by atoms with Crippen LogP contribution >= 0.6 is 11.8 Å². The summed E-state index contributed by atoms with van der Waals surface area (Å²) in [5.74, 6) is 1.98. The molecule has 0 spiro atoms. The largest absolute Gasteiger partial charge is 0.494 e. The van der Waals surface area contributed by atoms with Gasteiger partial charge in [-0.15, -0.1) is 0 Å². The Hall–Kier alpha value is -3.09. The molecule has 6 heteroatoms. The minimum absolute atomic E-state index is 0.00106. The predicted molar refractivity (Wildman–Crippen MR) is 167 cm³/mol.